The van der Waals surface area contributed by atoms with Gasteiger partial charge in [-0.2, -0.15) is 0 Å². The molecule has 0 unspecified atom stereocenters. The molecule has 1 saturated carbocycles. The van der Waals surface area contributed by atoms with Crippen LogP contribution in [-0.4, -0.2) is 32.7 Å². The van der Waals surface area contributed by atoms with E-state index in [1.807, 2.05) is 4.90 Å². The average molecular weight is 298 g/mol. The molecule has 2 aliphatic carbocycles. The molecule has 4 rings (SSSR count). The number of fused-ring (bicyclic) bond motifs is 2. The predicted octanol–water partition coefficient (Wildman–Crippen LogP) is 0.491. The van der Waals surface area contributed by atoms with Gasteiger partial charge in [0.1, 0.15) is 32.7 Å². The second-order valence-corrected chi connectivity index (χ2v) is 7.91. The van der Waals surface area contributed by atoms with Crippen molar-refractivity contribution >= 4 is 0 Å². The number of hydrogen-bond acceptors (Lipinski definition) is 0. The summed E-state index contributed by atoms with van der Waals surface area (Å²) in [5, 5.41) is 0. The molecule has 0 aromatic heterocycles. The van der Waals surface area contributed by atoms with Crippen LogP contribution in [0, 0.1) is 24.7 Å². The van der Waals surface area contributed by atoms with Crippen molar-refractivity contribution < 1.29 is 9.80 Å². The Morgan fingerprint density at radius 2 is 1.64 bits per heavy atom. The standard InChI is InChI=1S/C20H28N2/c1-16-2-4-17(5-3-16)14-21-8-10-22(11-9-21)15-20-13-18-6-7-19(20)12-18/h2-7,18-20H,8-15H2,1H3/p+2/t18-,19-,20-/m0/s1. The minimum Gasteiger partial charge on any atom is -0.325 e. The van der Waals surface area contributed by atoms with Gasteiger partial charge in [0.15, 0.2) is 0 Å². The van der Waals surface area contributed by atoms with Crippen LogP contribution in [0.3, 0.4) is 0 Å². The number of rotatable bonds is 4. The van der Waals surface area contributed by atoms with Gasteiger partial charge in [-0.3, -0.25) is 0 Å². The summed E-state index contributed by atoms with van der Waals surface area (Å²) in [5.41, 5.74) is 2.87. The molecule has 0 amide bonds. The predicted molar refractivity (Wildman–Crippen MR) is 90.0 cm³/mol. The summed E-state index contributed by atoms with van der Waals surface area (Å²) in [6, 6.07) is 9.12. The molecule has 22 heavy (non-hydrogen) atoms. The maximum absolute atomic E-state index is 2.51. The van der Waals surface area contributed by atoms with Gasteiger partial charge in [0, 0.05) is 11.5 Å². The lowest BCUT2D eigenvalue weighted by Gasteiger charge is -2.32. The minimum atomic E-state index is 0.926. The van der Waals surface area contributed by atoms with E-state index in [4.69, 9.17) is 0 Å². The highest BCUT2D eigenvalue weighted by molar-refractivity contribution is 5.20. The lowest BCUT2D eigenvalue weighted by atomic mass is 9.93. The van der Waals surface area contributed by atoms with Crippen molar-refractivity contribution in [2.45, 2.75) is 26.3 Å². The molecule has 118 valence electrons. The lowest BCUT2D eigenvalue weighted by molar-refractivity contribution is -1.02. The first-order chi connectivity index (χ1) is 10.8. The van der Waals surface area contributed by atoms with Crippen LogP contribution < -0.4 is 9.80 Å². The number of quaternary nitrogens is 2. The van der Waals surface area contributed by atoms with Crippen LogP contribution in [0.5, 0.6) is 0 Å². The lowest BCUT2D eigenvalue weighted by Crippen LogP contribution is -3.27. The Kier molecular flexibility index (Phi) is 4.06. The van der Waals surface area contributed by atoms with Crippen molar-refractivity contribution in [3.05, 3.63) is 47.5 Å². The molecule has 3 atom stereocenters. The maximum atomic E-state index is 2.51. The normalized spacial score (nSPS) is 36.9. The summed E-state index contributed by atoms with van der Waals surface area (Å²) in [6.45, 7) is 10.3. The van der Waals surface area contributed by atoms with E-state index >= 15 is 0 Å². The minimum absolute atomic E-state index is 0.926. The summed E-state index contributed by atoms with van der Waals surface area (Å²) in [5.74, 6) is 2.85. The Hall–Kier alpha value is -1.12. The van der Waals surface area contributed by atoms with Crippen LogP contribution in [0.2, 0.25) is 0 Å². The summed E-state index contributed by atoms with van der Waals surface area (Å²) >= 11 is 0. The Morgan fingerprint density at radius 3 is 2.27 bits per heavy atom. The zero-order valence-electron chi connectivity index (χ0n) is 13.9. The molecule has 2 bridgehead atoms. The van der Waals surface area contributed by atoms with Gasteiger partial charge in [-0.15, -0.1) is 0 Å². The van der Waals surface area contributed by atoms with Crippen molar-refractivity contribution in [1.29, 1.82) is 0 Å². The maximum Gasteiger partial charge on any atom is 0.127 e. The molecule has 1 aromatic carbocycles. The van der Waals surface area contributed by atoms with Gasteiger partial charge in [-0.1, -0.05) is 42.0 Å². The Labute approximate surface area is 134 Å². The first kappa shape index (κ1) is 14.5. The molecule has 0 spiro atoms. The van der Waals surface area contributed by atoms with Crippen LogP contribution >= 0.6 is 0 Å². The molecule has 1 aliphatic heterocycles. The fraction of sp³-hybridized carbons (Fsp3) is 0.600. The summed E-state index contributed by atoms with van der Waals surface area (Å²) in [7, 11) is 0. The molecule has 0 radical (unpaired) electrons. The number of allylic oxidation sites excluding steroid dienone is 2. The average Bonchev–Trinajstić information content (AvgIpc) is 3.14. The third-order valence-electron chi connectivity index (χ3n) is 6.21. The quantitative estimate of drug-likeness (QED) is 0.749. The molecule has 2 N–H and O–H groups in total. The Bertz CT molecular complexity index is 525. The number of aryl methyl sites for hydroxylation is 1. The SMILES string of the molecule is Cc1ccc(C[NH+]2CC[NH+](C[C@@H]3C[C@H]4C=C[C@H]3C4)CC2)cc1. The van der Waals surface area contributed by atoms with Crippen molar-refractivity contribution in [1.82, 2.24) is 0 Å². The monoisotopic (exact) mass is 298 g/mol. The zero-order chi connectivity index (χ0) is 14.9. The zero-order valence-corrected chi connectivity index (χ0v) is 13.9. The molecular weight excluding hydrogens is 268 g/mol. The number of piperazine rings is 1. The van der Waals surface area contributed by atoms with E-state index in [2.05, 4.69) is 43.3 Å². The van der Waals surface area contributed by atoms with Crippen molar-refractivity contribution in [2.75, 3.05) is 32.7 Å². The van der Waals surface area contributed by atoms with E-state index < -0.39 is 0 Å². The molecule has 2 fully saturated rings. The van der Waals surface area contributed by atoms with Crippen LogP contribution in [0.25, 0.3) is 0 Å². The van der Waals surface area contributed by atoms with Crippen molar-refractivity contribution in [3.8, 4) is 0 Å². The fourth-order valence-corrected chi connectivity index (χ4v) is 4.83. The van der Waals surface area contributed by atoms with E-state index in [-0.39, 0.29) is 0 Å². The second-order valence-electron chi connectivity index (χ2n) is 7.91. The van der Waals surface area contributed by atoms with Gasteiger partial charge in [-0.05, 0) is 31.6 Å². The number of hydrogen-bond donors (Lipinski definition) is 2. The van der Waals surface area contributed by atoms with Gasteiger partial charge in [0.05, 0.1) is 6.54 Å². The van der Waals surface area contributed by atoms with Gasteiger partial charge >= 0.3 is 0 Å². The molecule has 1 saturated heterocycles. The highest BCUT2D eigenvalue weighted by atomic mass is 15.3. The molecule has 2 heteroatoms. The van der Waals surface area contributed by atoms with E-state index in [9.17, 15) is 0 Å². The van der Waals surface area contributed by atoms with Crippen LogP contribution in [0.15, 0.2) is 36.4 Å². The highest BCUT2D eigenvalue weighted by Gasteiger charge is 2.38. The van der Waals surface area contributed by atoms with Crippen LogP contribution in [-0.2, 0) is 6.54 Å². The van der Waals surface area contributed by atoms with Crippen LogP contribution in [0.4, 0.5) is 0 Å². The smallest absolute Gasteiger partial charge is 0.127 e. The van der Waals surface area contributed by atoms with E-state index in [0.717, 1.165) is 17.8 Å². The summed E-state index contributed by atoms with van der Waals surface area (Å²) < 4.78 is 0. The van der Waals surface area contributed by atoms with Gasteiger partial charge in [-0.25, -0.2) is 0 Å². The molecule has 1 heterocycles. The number of benzene rings is 1. The van der Waals surface area contributed by atoms with E-state index in [0.29, 0.717) is 0 Å². The highest BCUT2D eigenvalue weighted by Crippen LogP contribution is 2.42. The van der Waals surface area contributed by atoms with E-state index in [1.54, 1.807) is 4.90 Å². The fourth-order valence-electron chi connectivity index (χ4n) is 4.83. The third-order valence-corrected chi connectivity index (χ3v) is 6.21. The van der Waals surface area contributed by atoms with Crippen molar-refractivity contribution in [3.63, 3.8) is 0 Å². The summed E-state index contributed by atoms with van der Waals surface area (Å²) in [6.07, 6.45) is 7.92. The number of nitrogens with one attached hydrogen (secondary N) is 2. The molecular formula is C20H30N2+2. The molecule has 1 aromatic rings. The molecule has 3 aliphatic rings. The van der Waals surface area contributed by atoms with Crippen LogP contribution in [0.1, 0.15) is 24.0 Å². The van der Waals surface area contributed by atoms with Crippen molar-refractivity contribution in [2.24, 2.45) is 17.8 Å². The van der Waals surface area contributed by atoms with Gasteiger partial charge in [0.25, 0.3) is 0 Å². The van der Waals surface area contributed by atoms with Gasteiger partial charge < -0.3 is 9.80 Å². The summed E-state index contributed by atoms with van der Waals surface area (Å²) in [4.78, 5) is 3.65. The van der Waals surface area contributed by atoms with Gasteiger partial charge in [0.2, 0.25) is 0 Å². The second kappa shape index (κ2) is 6.17. The Morgan fingerprint density at radius 1 is 0.909 bits per heavy atom. The first-order valence-electron chi connectivity index (χ1n) is 9.17. The first-order valence-corrected chi connectivity index (χ1v) is 9.17. The third kappa shape index (κ3) is 3.13. The topological polar surface area (TPSA) is 8.88 Å². The Balaban J connectivity index is 1.24. The molecule has 2 nitrogen and oxygen atoms in total. The largest absolute Gasteiger partial charge is 0.325 e. The van der Waals surface area contributed by atoms with E-state index in [1.165, 1.54) is 63.2 Å².